The zero-order chi connectivity index (χ0) is 18.5. The van der Waals surface area contributed by atoms with Gasteiger partial charge < -0.3 is 14.8 Å². The van der Waals surface area contributed by atoms with Crippen molar-refractivity contribution in [1.29, 1.82) is 0 Å². The van der Waals surface area contributed by atoms with E-state index >= 15 is 0 Å². The Hall–Kier alpha value is -3.46. The summed E-state index contributed by atoms with van der Waals surface area (Å²) < 4.78 is 12.9. The molecule has 0 amide bonds. The second kappa shape index (κ2) is 7.83. The summed E-state index contributed by atoms with van der Waals surface area (Å²) in [5.41, 5.74) is 1.85. The number of aromatic nitrogens is 5. The van der Waals surface area contributed by atoms with E-state index in [0.29, 0.717) is 18.0 Å². The molecule has 2 aromatic carbocycles. The highest BCUT2D eigenvalue weighted by atomic mass is 32.1. The molecule has 2 aromatic heterocycles. The van der Waals surface area contributed by atoms with Crippen LogP contribution in [0.25, 0.3) is 5.69 Å². The molecule has 0 radical (unpaired) electrons. The van der Waals surface area contributed by atoms with Crippen molar-refractivity contribution in [2.24, 2.45) is 0 Å². The van der Waals surface area contributed by atoms with Crippen molar-refractivity contribution in [1.82, 2.24) is 25.2 Å². The molecule has 0 aliphatic rings. The van der Waals surface area contributed by atoms with Crippen LogP contribution < -0.4 is 14.8 Å². The van der Waals surface area contributed by atoms with Gasteiger partial charge in [0.05, 0.1) is 12.8 Å². The summed E-state index contributed by atoms with van der Waals surface area (Å²) in [5, 5.41) is 17.7. The van der Waals surface area contributed by atoms with Crippen molar-refractivity contribution in [3.8, 4) is 23.2 Å². The van der Waals surface area contributed by atoms with E-state index in [2.05, 4.69) is 25.8 Å². The highest BCUT2D eigenvalue weighted by Gasteiger charge is 2.14. The van der Waals surface area contributed by atoms with Crippen molar-refractivity contribution < 1.29 is 9.47 Å². The van der Waals surface area contributed by atoms with Crippen LogP contribution in [0.2, 0.25) is 0 Å². The van der Waals surface area contributed by atoms with E-state index in [1.54, 1.807) is 24.6 Å². The van der Waals surface area contributed by atoms with E-state index in [9.17, 15) is 0 Å². The number of thiazole rings is 1. The molecule has 0 aliphatic heterocycles. The monoisotopic (exact) mass is 380 g/mol. The molecule has 136 valence electrons. The third-order valence-electron chi connectivity index (χ3n) is 3.75. The standard InChI is InChI=1S/C18H16N6O2S/c1-25-16-11-13(12-20-17-19-9-10-27-17)7-8-15(16)26-18-21-22-23-24(18)14-5-3-2-4-6-14/h2-11H,12H2,1H3,(H,19,20). The molecule has 0 fully saturated rings. The molecule has 0 saturated heterocycles. The lowest BCUT2D eigenvalue weighted by Crippen LogP contribution is -2.02. The molecule has 1 N–H and O–H groups in total. The van der Waals surface area contributed by atoms with E-state index < -0.39 is 0 Å². The number of rotatable bonds is 7. The molecule has 4 aromatic rings. The lowest BCUT2D eigenvalue weighted by Gasteiger charge is -2.12. The van der Waals surface area contributed by atoms with Crippen LogP contribution in [0.3, 0.4) is 0 Å². The van der Waals surface area contributed by atoms with Crippen LogP contribution >= 0.6 is 11.3 Å². The number of hydrogen-bond acceptors (Lipinski definition) is 8. The predicted octanol–water partition coefficient (Wildman–Crippen LogP) is 3.53. The van der Waals surface area contributed by atoms with Gasteiger partial charge in [0.2, 0.25) is 0 Å². The number of methoxy groups -OCH3 is 1. The minimum atomic E-state index is 0.258. The zero-order valence-electron chi connectivity index (χ0n) is 14.4. The molecule has 0 saturated carbocycles. The molecule has 0 bridgehead atoms. The Morgan fingerprint density at radius 3 is 2.78 bits per heavy atom. The van der Waals surface area contributed by atoms with E-state index in [0.717, 1.165) is 16.4 Å². The van der Waals surface area contributed by atoms with Crippen LogP contribution in [0.5, 0.6) is 17.5 Å². The van der Waals surface area contributed by atoms with Crippen LogP contribution in [-0.4, -0.2) is 32.3 Å². The molecule has 0 unspecified atom stereocenters. The Morgan fingerprint density at radius 1 is 1.11 bits per heavy atom. The van der Waals surface area contributed by atoms with Crippen molar-refractivity contribution in [3.05, 3.63) is 65.7 Å². The van der Waals surface area contributed by atoms with Gasteiger partial charge in [-0.3, -0.25) is 0 Å². The third-order valence-corrected chi connectivity index (χ3v) is 4.48. The molecular weight excluding hydrogens is 364 g/mol. The number of ether oxygens (including phenoxy) is 2. The first-order chi connectivity index (χ1) is 13.3. The van der Waals surface area contributed by atoms with Gasteiger partial charge in [0.15, 0.2) is 16.6 Å². The first-order valence-electron chi connectivity index (χ1n) is 8.15. The highest BCUT2D eigenvalue weighted by Crippen LogP contribution is 2.32. The summed E-state index contributed by atoms with van der Waals surface area (Å²) in [6, 6.07) is 15.5. The topological polar surface area (TPSA) is 87.0 Å². The lowest BCUT2D eigenvalue weighted by molar-refractivity contribution is 0.363. The fraction of sp³-hybridized carbons (Fsp3) is 0.111. The Labute approximate surface area is 159 Å². The summed E-state index contributed by atoms with van der Waals surface area (Å²) in [6.07, 6.45) is 1.77. The van der Waals surface area contributed by atoms with Crippen LogP contribution in [0, 0.1) is 0 Å². The fourth-order valence-corrected chi connectivity index (χ4v) is 2.99. The van der Waals surface area contributed by atoms with E-state index in [-0.39, 0.29) is 6.01 Å². The second-order valence-electron chi connectivity index (χ2n) is 5.49. The van der Waals surface area contributed by atoms with Crippen LogP contribution in [0.1, 0.15) is 5.56 Å². The second-order valence-corrected chi connectivity index (χ2v) is 6.38. The summed E-state index contributed by atoms with van der Waals surface area (Å²) in [7, 11) is 1.60. The van der Waals surface area contributed by atoms with Crippen LogP contribution in [0.4, 0.5) is 5.13 Å². The minimum absolute atomic E-state index is 0.258. The molecule has 0 aliphatic carbocycles. The van der Waals surface area contributed by atoms with Crippen molar-refractivity contribution in [2.75, 3.05) is 12.4 Å². The molecule has 8 nitrogen and oxygen atoms in total. The predicted molar refractivity (Wildman–Crippen MR) is 102 cm³/mol. The summed E-state index contributed by atoms with van der Waals surface area (Å²) in [5.74, 6) is 1.12. The Kier molecular flexibility index (Phi) is 4.93. The van der Waals surface area contributed by atoms with Crippen LogP contribution in [-0.2, 0) is 6.54 Å². The normalized spacial score (nSPS) is 10.6. The molecule has 4 rings (SSSR count). The maximum atomic E-state index is 5.90. The highest BCUT2D eigenvalue weighted by molar-refractivity contribution is 7.13. The largest absolute Gasteiger partial charge is 0.493 e. The zero-order valence-corrected chi connectivity index (χ0v) is 15.3. The van der Waals surface area contributed by atoms with Crippen molar-refractivity contribution in [3.63, 3.8) is 0 Å². The van der Waals surface area contributed by atoms with Gasteiger partial charge in [-0.25, -0.2) is 4.98 Å². The number of tetrazole rings is 1. The summed E-state index contributed by atoms with van der Waals surface area (Å²) in [4.78, 5) is 4.21. The first kappa shape index (κ1) is 17.0. The molecule has 27 heavy (non-hydrogen) atoms. The van der Waals surface area contributed by atoms with Gasteiger partial charge in [0, 0.05) is 18.1 Å². The molecule has 2 heterocycles. The summed E-state index contributed by atoms with van der Waals surface area (Å²) >= 11 is 1.55. The first-order valence-corrected chi connectivity index (χ1v) is 9.03. The average Bonchev–Trinajstić information content (AvgIpc) is 3.40. The number of benzene rings is 2. The average molecular weight is 380 g/mol. The van der Waals surface area contributed by atoms with Gasteiger partial charge in [-0.05, 0) is 40.3 Å². The SMILES string of the molecule is COc1cc(CNc2nccs2)ccc1Oc1nnnn1-c1ccccc1. The summed E-state index contributed by atoms with van der Waals surface area (Å²) in [6.45, 7) is 0.631. The van der Waals surface area contributed by atoms with Gasteiger partial charge in [0.1, 0.15) is 0 Å². The van der Waals surface area contributed by atoms with Crippen molar-refractivity contribution in [2.45, 2.75) is 6.54 Å². The minimum Gasteiger partial charge on any atom is -0.493 e. The maximum absolute atomic E-state index is 5.90. The fourth-order valence-electron chi connectivity index (χ4n) is 2.47. The van der Waals surface area contributed by atoms with Gasteiger partial charge >= 0.3 is 6.01 Å². The van der Waals surface area contributed by atoms with E-state index in [1.165, 1.54) is 4.68 Å². The number of anilines is 1. The smallest absolute Gasteiger partial charge is 0.346 e. The van der Waals surface area contributed by atoms with E-state index in [1.807, 2.05) is 53.9 Å². The van der Waals surface area contributed by atoms with Crippen LogP contribution in [0.15, 0.2) is 60.1 Å². The molecule has 9 heteroatoms. The van der Waals surface area contributed by atoms with Crippen molar-refractivity contribution >= 4 is 16.5 Å². The molecule has 0 spiro atoms. The van der Waals surface area contributed by atoms with Gasteiger partial charge in [-0.1, -0.05) is 29.4 Å². The quantitative estimate of drug-likeness (QED) is 0.525. The Bertz CT molecular complexity index is 1000. The van der Waals surface area contributed by atoms with Gasteiger partial charge in [-0.2, -0.15) is 4.68 Å². The number of para-hydroxylation sites is 1. The number of nitrogens with zero attached hydrogens (tertiary/aromatic N) is 5. The lowest BCUT2D eigenvalue weighted by atomic mass is 10.2. The Balaban J connectivity index is 1.53. The Morgan fingerprint density at radius 2 is 2.00 bits per heavy atom. The number of hydrogen-bond donors (Lipinski definition) is 1. The molecular formula is C18H16N6O2S. The number of nitrogens with one attached hydrogen (secondary N) is 1. The van der Waals surface area contributed by atoms with E-state index in [4.69, 9.17) is 9.47 Å². The maximum Gasteiger partial charge on any atom is 0.346 e. The third kappa shape index (κ3) is 3.87. The van der Waals surface area contributed by atoms with Gasteiger partial charge in [-0.15, -0.1) is 11.3 Å². The van der Waals surface area contributed by atoms with Gasteiger partial charge in [0.25, 0.3) is 0 Å². The molecule has 0 atom stereocenters.